The van der Waals surface area contributed by atoms with Crippen molar-refractivity contribution in [3.63, 3.8) is 0 Å². The number of nitrogens with one attached hydrogen (secondary N) is 1. The Kier molecular flexibility index (Phi) is 7.09. The second kappa shape index (κ2) is 9.76. The molecule has 2 aromatic heterocycles. The Balaban J connectivity index is 1.87. The molecule has 0 radical (unpaired) electrons. The van der Waals surface area contributed by atoms with Crippen molar-refractivity contribution in [2.24, 2.45) is 0 Å². The van der Waals surface area contributed by atoms with Gasteiger partial charge in [-0.2, -0.15) is 5.10 Å². The molecule has 0 aliphatic carbocycles. The van der Waals surface area contributed by atoms with Gasteiger partial charge in [-0.05, 0) is 32.0 Å². The Morgan fingerprint density at radius 3 is 2.77 bits per heavy atom. The molecule has 10 heteroatoms. The number of ether oxygens (including phenoxy) is 1. The molecule has 1 aromatic carbocycles. The number of carbonyl (C=O) groups excluding carboxylic acids is 1. The summed E-state index contributed by atoms with van der Waals surface area (Å²) in [6.45, 7) is 4.21. The van der Waals surface area contributed by atoms with Gasteiger partial charge >= 0.3 is 0 Å². The fraction of sp³-hybridized carbons (Fsp3) is 0.333. The van der Waals surface area contributed by atoms with Crippen LogP contribution in [0.25, 0.3) is 11.3 Å². The number of benzene rings is 1. The molecule has 164 valence electrons. The first-order valence-corrected chi connectivity index (χ1v) is 10.1. The van der Waals surface area contributed by atoms with E-state index in [1.165, 1.54) is 18.2 Å². The summed E-state index contributed by atoms with van der Waals surface area (Å²) in [5.74, 6) is 0.563. The molecule has 0 atom stereocenters. The van der Waals surface area contributed by atoms with Gasteiger partial charge in [-0.15, -0.1) is 0 Å². The van der Waals surface area contributed by atoms with Crippen LogP contribution in [0.5, 0.6) is 5.75 Å². The van der Waals surface area contributed by atoms with Gasteiger partial charge < -0.3 is 20.1 Å². The van der Waals surface area contributed by atoms with Crippen LogP contribution in [0.4, 0.5) is 11.6 Å². The number of likely N-dealkylation sites (N-methyl/N-ethyl adjacent to an activating group) is 1. The van der Waals surface area contributed by atoms with Gasteiger partial charge in [0.1, 0.15) is 5.75 Å². The van der Waals surface area contributed by atoms with Gasteiger partial charge in [0, 0.05) is 37.0 Å². The number of methoxy groups -OCH3 is 1. The van der Waals surface area contributed by atoms with Crippen LogP contribution in [0.1, 0.15) is 30.2 Å². The molecule has 2 heterocycles. The summed E-state index contributed by atoms with van der Waals surface area (Å²) in [5.41, 5.74) is 2.37. The van der Waals surface area contributed by atoms with E-state index in [1.807, 2.05) is 24.7 Å². The topological polar surface area (TPSA) is 105 Å². The van der Waals surface area contributed by atoms with Gasteiger partial charge in [0.05, 0.1) is 42.5 Å². The van der Waals surface area contributed by atoms with Gasteiger partial charge in [0.15, 0.2) is 0 Å². The van der Waals surface area contributed by atoms with Crippen LogP contribution in [-0.4, -0.2) is 63.0 Å². The molecule has 3 rings (SSSR count). The number of aliphatic hydroxyl groups is 1. The Morgan fingerprint density at radius 1 is 1.35 bits per heavy atom. The summed E-state index contributed by atoms with van der Waals surface area (Å²) >= 11 is 6.32. The number of carbonyl (C=O) groups is 1. The van der Waals surface area contributed by atoms with E-state index in [9.17, 15) is 4.79 Å². The zero-order valence-electron chi connectivity index (χ0n) is 17.8. The zero-order chi connectivity index (χ0) is 22.5. The summed E-state index contributed by atoms with van der Waals surface area (Å²) < 4.78 is 7.27. The summed E-state index contributed by atoms with van der Waals surface area (Å²) in [6.07, 6.45) is 5.11. The SMILES string of the molecule is COc1cc(C(=O)N(C)CCO)ccc1Nc1ncc(Cl)c(-c2cnn(C(C)C)c2)n1. The number of hydrogen-bond acceptors (Lipinski definition) is 7. The van der Waals surface area contributed by atoms with Crippen molar-refractivity contribution in [2.45, 2.75) is 19.9 Å². The van der Waals surface area contributed by atoms with Crippen LogP contribution >= 0.6 is 11.6 Å². The van der Waals surface area contributed by atoms with Gasteiger partial charge in [0.25, 0.3) is 5.91 Å². The van der Waals surface area contributed by atoms with Crippen molar-refractivity contribution < 1.29 is 14.6 Å². The molecular weight excluding hydrogens is 420 g/mol. The smallest absolute Gasteiger partial charge is 0.253 e. The zero-order valence-corrected chi connectivity index (χ0v) is 18.6. The molecule has 0 saturated heterocycles. The molecule has 2 N–H and O–H groups in total. The Labute approximate surface area is 185 Å². The highest BCUT2D eigenvalue weighted by atomic mass is 35.5. The minimum atomic E-state index is -0.217. The average Bonchev–Trinajstić information content (AvgIpc) is 3.25. The van der Waals surface area contributed by atoms with Crippen LogP contribution in [0.15, 0.2) is 36.8 Å². The van der Waals surface area contributed by atoms with E-state index >= 15 is 0 Å². The molecule has 3 aromatic rings. The number of nitrogens with zero attached hydrogens (tertiary/aromatic N) is 5. The Morgan fingerprint density at radius 2 is 2.13 bits per heavy atom. The molecule has 0 spiro atoms. The average molecular weight is 445 g/mol. The highest BCUT2D eigenvalue weighted by Gasteiger charge is 2.16. The Hall–Kier alpha value is -3.17. The fourth-order valence-electron chi connectivity index (χ4n) is 2.89. The lowest BCUT2D eigenvalue weighted by Gasteiger charge is -2.17. The van der Waals surface area contributed by atoms with Crippen molar-refractivity contribution in [3.05, 3.63) is 47.4 Å². The largest absolute Gasteiger partial charge is 0.495 e. The van der Waals surface area contributed by atoms with E-state index < -0.39 is 0 Å². The molecule has 31 heavy (non-hydrogen) atoms. The first kappa shape index (κ1) is 22.5. The van der Waals surface area contributed by atoms with E-state index in [2.05, 4.69) is 20.4 Å². The minimum Gasteiger partial charge on any atom is -0.495 e. The highest BCUT2D eigenvalue weighted by Crippen LogP contribution is 2.31. The van der Waals surface area contributed by atoms with Crippen LogP contribution in [0.2, 0.25) is 5.02 Å². The molecule has 0 fully saturated rings. The first-order chi connectivity index (χ1) is 14.8. The van der Waals surface area contributed by atoms with E-state index in [1.54, 1.807) is 31.4 Å². The fourth-order valence-corrected chi connectivity index (χ4v) is 3.09. The molecular formula is C21H25ClN6O3. The molecule has 0 aliphatic rings. The van der Waals surface area contributed by atoms with Gasteiger partial charge in [0.2, 0.25) is 5.95 Å². The lowest BCUT2D eigenvalue weighted by molar-refractivity contribution is 0.0766. The maximum absolute atomic E-state index is 12.5. The molecule has 0 bridgehead atoms. The molecule has 0 saturated carbocycles. The monoisotopic (exact) mass is 444 g/mol. The first-order valence-electron chi connectivity index (χ1n) is 9.72. The summed E-state index contributed by atoms with van der Waals surface area (Å²) in [4.78, 5) is 22.7. The highest BCUT2D eigenvalue weighted by molar-refractivity contribution is 6.32. The minimum absolute atomic E-state index is 0.106. The number of hydrogen-bond donors (Lipinski definition) is 2. The van der Waals surface area contributed by atoms with Gasteiger partial charge in [-0.3, -0.25) is 9.48 Å². The third kappa shape index (κ3) is 5.12. The van der Waals surface area contributed by atoms with Crippen molar-refractivity contribution >= 4 is 29.1 Å². The predicted octanol–water partition coefficient (Wildman–Crippen LogP) is 3.39. The Bertz CT molecular complexity index is 1070. The van der Waals surface area contributed by atoms with E-state index in [0.29, 0.717) is 33.7 Å². The van der Waals surface area contributed by atoms with Crippen LogP contribution < -0.4 is 10.1 Å². The summed E-state index contributed by atoms with van der Waals surface area (Å²) in [7, 11) is 3.14. The number of amides is 1. The van der Waals surface area contributed by atoms with Crippen molar-refractivity contribution in [1.29, 1.82) is 0 Å². The molecule has 9 nitrogen and oxygen atoms in total. The predicted molar refractivity (Wildman–Crippen MR) is 119 cm³/mol. The van der Waals surface area contributed by atoms with Crippen LogP contribution in [-0.2, 0) is 0 Å². The normalized spacial score (nSPS) is 10.9. The lowest BCUT2D eigenvalue weighted by Crippen LogP contribution is -2.29. The van der Waals surface area contributed by atoms with Crippen molar-refractivity contribution in [3.8, 4) is 17.0 Å². The summed E-state index contributed by atoms with van der Waals surface area (Å²) in [6, 6.07) is 5.23. The standard InChI is InChI=1S/C21H25ClN6O3/c1-13(2)28-12-15(10-24-28)19-16(22)11-23-21(26-19)25-17-6-5-14(9-18(17)31-4)20(30)27(3)7-8-29/h5-6,9-13,29H,7-8H2,1-4H3,(H,23,25,26). The number of rotatable bonds is 8. The van der Waals surface area contributed by atoms with E-state index in [-0.39, 0.29) is 25.1 Å². The van der Waals surface area contributed by atoms with Crippen LogP contribution in [0.3, 0.4) is 0 Å². The third-order valence-electron chi connectivity index (χ3n) is 4.63. The number of anilines is 2. The second-order valence-corrected chi connectivity index (χ2v) is 7.59. The molecule has 0 aliphatic heterocycles. The van der Waals surface area contributed by atoms with Gasteiger partial charge in [-0.1, -0.05) is 11.6 Å². The summed E-state index contributed by atoms with van der Waals surface area (Å²) in [5, 5.41) is 16.9. The third-order valence-corrected chi connectivity index (χ3v) is 4.90. The maximum Gasteiger partial charge on any atom is 0.253 e. The van der Waals surface area contributed by atoms with Crippen molar-refractivity contribution in [1.82, 2.24) is 24.6 Å². The lowest BCUT2D eigenvalue weighted by atomic mass is 10.1. The second-order valence-electron chi connectivity index (χ2n) is 7.18. The van der Waals surface area contributed by atoms with Crippen molar-refractivity contribution in [2.75, 3.05) is 32.6 Å². The number of halogens is 1. The molecule has 1 amide bonds. The van der Waals surface area contributed by atoms with E-state index in [4.69, 9.17) is 21.4 Å². The van der Waals surface area contributed by atoms with Gasteiger partial charge in [-0.25, -0.2) is 9.97 Å². The molecule has 0 unspecified atom stereocenters. The van der Waals surface area contributed by atoms with Crippen LogP contribution in [0, 0.1) is 0 Å². The number of aromatic nitrogens is 4. The maximum atomic E-state index is 12.5. The van der Waals surface area contributed by atoms with E-state index in [0.717, 1.165) is 5.56 Å². The quantitative estimate of drug-likeness (QED) is 0.548. The number of aliphatic hydroxyl groups excluding tert-OH is 1.